The highest BCUT2D eigenvalue weighted by Crippen LogP contribution is 2.35. The lowest BCUT2D eigenvalue weighted by atomic mass is 9.95. The molecule has 0 bridgehead atoms. The molecule has 1 aromatic carbocycles. The topological polar surface area (TPSA) is 15.3 Å². The SMILES string of the molecule is Cc1ccc([C@H](CC(F)(F)F)N2CCNCC2)c(C)c1. The summed E-state index contributed by atoms with van der Waals surface area (Å²) < 4.78 is 38.7. The number of piperazine rings is 1. The molecule has 1 atom stereocenters. The van der Waals surface area contributed by atoms with Crippen molar-refractivity contribution in [1.82, 2.24) is 10.2 Å². The third-order valence-corrected chi connectivity index (χ3v) is 3.80. The molecular weight excluding hydrogens is 265 g/mol. The fourth-order valence-corrected chi connectivity index (χ4v) is 2.85. The van der Waals surface area contributed by atoms with E-state index < -0.39 is 18.6 Å². The molecule has 0 radical (unpaired) electrons. The molecule has 0 unspecified atom stereocenters. The van der Waals surface area contributed by atoms with Gasteiger partial charge in [-0.05, 0) is 25.0 Å². The molecule has 1 aromatic rings. The molecule has 1 N–H and O–H groups in total. The van der Waals surface area contributed by atoms with E-state index in [0.29, 0.717) is 13.1 Å². The van der Waals surface area contributed by atoms with Crippen LogP contribution in [-0.4, -0.2) is 37.3 Å². The minimum atomic E-state index is -4.15. The maximum Gasteiger partial charge on any atom is 0.390 e. The van der Waals surface area contributed by atoms with Gasteiger partial charge in [0, 0.05) is 32.2 Å². The highest BCUT2D eigenvalue weighted by molar-refractivity contribution is 5.33. The van der Waals surface area contributed by atoms with Crippen LogP contribution in [0.15, 0.2) is 18.2 Å². The van der Waals surface area contributed by atoms with Gasteiger partial charge >= 0.3 is 6.18 Å². The van der Waals surface area contributed by atoms with E-state index in [1.54, 1.807) is 0 Å². The molecule has 0 aliphatic carbocycles. The number of alkyl halides is 3. The van der Waals surface area contributed by atoms with Gasteiger partial charge in [-0.25, -0.2) is 0 Å². The Morgan fingerprint density at radius 2 is 1.85 bits per heavy atom. The zero-order valence-electron chi connectivity index (χ0n) is 11.9. The van der Waals surface area contributed by atoms with Gasteiger partial charge in [0.05, 0.1) is 6.42 Å². The Morgan fingerprint density at radius 1 is 1.20 bits per heavy atom. The Hall–Kier alpha value is -1.07. The van der Waals surface area contributed by atoms with Crippen molar-refractivity contribution in [3.63, 3.8) is 0 Å². The molecule has 1 fully saturated rings. The van der Waals surface area contributed by atoms with Crippen molar-refractivity contribution in [1.29, 1.82) is 0 Å². The first-order valence-electron chi connectivity index (χ1n) is 6.95. The molecule has 5 heteroatoms. The minimum absolute atomic E-state index is 0.572. The van der Waals surface area contributed by atoms with Gasteiger partial charge in [-0.1, -0.05) is 23.8 Å². The van der Waals surface area contributed by atoms with E-state index in [-0.39, 0.29) is 0 Å². The van der Waals surface area contributed by atoms with Crippen LogP contribution in [0, 0.1) is 13.8 Å². The van der Waals surface area contributed by atoms with Gasteiger partial charge < -0.3 is 5.32 Å². The third kappa shape index (κ3) is 3.96. The van der Waals surface area contributed by atoms with Gasteiger partial charge in [0.2, 0.25) is 0 Å². The van der Waals surface area contributed by atoms with Crippen LogP contribution in [0.4, 0.5) is 13.2 Å². The maximum absolute atomic E-state index is 12.9. The van der Waals surface area contributed by atoms with Crippen molar-refractivity contribution in [2.45, 2.75) is 32.5 Å². The minimum Gasteiger partial charge on any atom is -0.314 e. The monoisotopic (exact) mass is 286 g/mol. The number of rotatable bonds is 3. The number of benzene rings is 1. The molecular formula is C15H21F3N2. The van der Waals surface area contributed by atoms with Gasteiger partial charge in [-0.15, -0.1) is 0 Å². The van der Waals surface area contributed by atoms with Crippen LogP contribution in [0.1, 0.15) is 29.2 Å². The van der Waals surface area contributed by atoms with E-state index in [9.17, 15) is 13.2 Å². The Morgan fingerprint density at radius 3 is 2.40 bits per heavy atom. The number of halogens is 3. The Labute approximate surface area is 118 Å². The first-order valence-corrected chi connectivity index (χ1v) is 6.95. The molecule has 1 heterocycles. The van der Waals surface area contributed by atoms with Crippen LogP contribution in [0.2, 0.25) is 0 Å². The van der Waals surface area contributed by atoms with Crippen molar-refractivity contribution >= 4 is 0 Å². The van der Waals surface area contributed by atoms with Crippen LogP contribution in [0.25, 0.3) is 0 Å². The van der Waals surface area contributed by atoms with Crippen LogP contribution < -0.4 is 5.32 Å². The predicted octanol–water partition coefficient (Wildman–Crippen LogP) is 3.20. The average molecular weight is 286 g/mol. The lowest BCUT2D eigenvalue weighted by molar-refractivity contribution is -0.148. The summed E-state index contributed by atoms with van der Waals surface area (Å²) in [6.07, 6.45) is -4.93. The largest absolute Gasteiger partial charge is 0.390 e. The summed E-state index contributed by atoms with van der Waals surface area (Å²) in [5.74, 6) is 0. The van der Waals surface area contributed by atoms with Gasteiger partial charge in [0.1, 0.15) is 0 Å². The second-order valence-corrected chi connectivity index (χ2v) is 5.48. The van der Waals surface area contributed by atoms with E-state index in [2.05, 4.69) is 5.32 Å². The number of nitrogens with zero attached hydrogens (tertiary/aromatic N) is 1. The molecule has 2 rings (SSSR count). The lowest BCUT2D eigenvalue weighted by Crippen LogP contribution is -2.46. The first-order chi connectivity index (χ1) is 9.37. The van der Waals surface area contributed by atoms with Gasteiger partial charge in [0.25, 0.3) is 0 Å². The van der Waals surface area contributed by atoms with E-state index >= 15 is 0 Å². The van der Waals surface area contributed by atoms with Gasteiger partial charge in [-0.2, -0.15) is 13.2 Å². The highest BCUT2D eigenvalue weighted by atomic mass is 19.4. The van der Waals surface area contributed by atoms with Crippen molar-refractivity contribution < 1.29 is 13.2 Å². The smallest absolute Gasteiger partial charge is 0.314 e. The van der Waals surface area contributed by atoms with Crippen molar-refractivity contribution in [3.8, 4) is 0 Å². The summed E-state index contributed by atoms with van der Waals surface area (Å²) >= 11 is 0. The zero-order valence-corrected chi connectivity index (χ0v) is 11.9. The number of hydrogen-bond donors (Lipinski definition) is 1. The van der Waals surface area contributed by atoms with Crippen LogP contribution in [0.5, 0.6) is 0 Å². The molecule has 0 saturated carbocycles. The fourth-order valence-electron chi connectivity index (χ4n) is 2.85. The highest BCUT2D eigenvalue weighted by Gasteiger charge is 2.36. The van der Waals surface area contributed by atoms with E-state index in [1.807, 2.05) is 36.9 Å². The summed E-state index contributed by atoms with van der Waals surface area (Å²) in [4.78, 5) is 1.95. The van der Waals surface area contributed by atoms with Crippen molar-refractivity contribution in [3.05, 3.63) is 34.9 Å². The molecule has 0 amide bonds. The van der Waals surface area contributed by atoms with Crippen molar-refractivity contribution in [2.75, 3.05) is 26.2 Å². The number of nitrogens with one attached hydrogen (secondary N) is 1. The molecule has 20 heavy (non-hydrogen) atoms. The molecule has 1 saturated heterocycles. The first kappa shape index (κ1) is 15.3. The van der Waals surface area contributed by atoms with Crippen LogP contribution in [0.3, 0.4) is 0 Å². The Balaban J connectivity index is 2.29. The fraction of sp³-hybridized carbons (Fsp3) is 0.600. The second kappa shape index (κ2) is 6.14. The Bertz CT molecular complexity index is 451. The molecule has 1 aliphatic rings. The normalized spacial score (nSPS) is 19.1. The molecule has 112 valence electrons. The van der Waals surface area contributed by atoms with Gasteiger partial charge in [-0.3, -0.25) is 4.90 Å². The standard InChI is InChI=1S/C15H21F3N2/c1-11-3-4-13(12(2)9-11)14(10-15(16,17)18)20-7-5-19-6-8-20/h3-4,9,14,19H,5-8,10H2,1-2H3/t14-/m0/s1. The van der Waals surface area contributed by atoms with Gasteiger partial charge in [0.15, 0.2) is 0 Å². The van der Waals surface area contributed by atoms with Crippen LogP contribution in [-0.2, 0) is 0 Å². The summed E-state index contributed by atoms with van der Waals surface area (Å²) in [6.45, 7) is 6.68. The quantitative estimate of drug-likeness (QED) is 0.918. The summed E-state index contributed by atoms with van der Waals surface area (Å²) in [7, 11) is 0. The third-order valence-electron chi connectivity index (χ3n) is 3.80. The molecule has 2 nitrogen and oxygen atoms in total. The molecule has 0 spiro atoms. The zero-order chi connectivity index (χ0) is 14.8. The number of hydrogen-bond acceptors (Lipinski definition) is 2. The lowest BCUT2D eigenvalue weighted by Gasteiger charge is -2.36. The predicted molar refractivity (Wildman–Crippen MR) is 73.8 cm³/mol. The second-order valence-electron chi connectivity index (χ2n) is 5.48. The Kier molecular flexibility index (Phi) is 4.70. The van der Waals surface area contributed by atoms with E-state index in [1.165, 1.54) is 0 Å². The average Bonchev–Trinajstić information content (AvgIpc) is 2.36. The molecule has 1 aliphatic heterocycles. The van der Waals surface area contributed by atoms with E-state index in [4.69, 9.17) is 0 Å². The van der Waals surface area contributed by atoms with Crippen molar-refractivity contribution in [2.24, 2.45) is 0 Å². The summed E-state index contributed by atoms with van der Waals surface area (Å²) in [5.41, 5.74) is 2.82. The van der Waals surface area contributed by atoms with E-state index in [0.717, 1.165) is 29.8 Å². The summed E-state index contributed by atoms with van der Waals surface area (Å²) in [6, 6.07) is 5.13. The van der Waals surface area contributed by atoms with Crippen LogP contribution >= 0.6 is 0 Å². The molecule has 0 aromatic heterocycles. The maximum atomic E-state index is 12.9. The number of aryl methyl sites for hydroxylation is 2. The summed E-state index contributed by atoms with van der Waals surface area (Å²) in [5, 5.41) is 3.18.